The first kappa shape index (κ1) is 12.5. The molecule has 0 bridgehead atoms. The van der Waals surface area contributed by atoms with Gasteiger partial charge in [0.05, 0.1) is 17.1 Å². The van der Waals surface area contributed by atoms with Gasteiger partial charge >= 0.3 is 0 Å². The lowest BCUT2D eigenvalue weighted by Gasteiger charge is -2.24. The Labute approximate surface area is 95.1 Å². The van der Waals surface area contributed by atoms with Crippen molar-refractivity contribution in [2.24, 2.45) is 11.1 Å². The highest BCUT2D eigenvalue weighted by atomic mass is 16.3. The second-order valence-electron chi connectivity index (χ2n) is 4.47. The summed E-state index contributed by atoms with van der Waals surface area (Å²) in [5, 5.41) is 19.1. The Hall–Kier alpha value is -1.60. The van der Waals surface area contributed by atoms with Gasteiger partial charge in [-0.15, -0.1) is 0 Å². The van der Waals surface area contributed by atoms with E-state index in [1.165, 1.54) is 6.08 Å². The number of nitrogens with zero attached hydrogens (tertiary/aromatic N) is 1. The van der Waals surface area contributed by atoms with Gasteiger partial charge in [-0.3, -0.25) is 4.79 Å². The molecule has 3 N–H and O–H groups in total. The molecule has 1 aliphatic carbocycles. The maximum Gasteiger partial charge on any atom is 0.241 e. The molecule has 1 atom stereocenters. The van der Waals surface area contributed by atoms with Crippen LogP contribution < -0.4 is 5.73 Å². The Morgan fingerprint density at radius 2 is 2.19 bits per heavy atom. The number of hydrogen-bond donors (Lipinski definition) is 2. The summed E-state index contributed by atoms with van der Waals surface area (Å²) in [5.74, 6) is -0.525. The van der Waals surface area contributed by atoms with Crippen LogP contribution in [0.5, 0.6) is 0 Å². The van der Waals surface area contributed by atoms with Gasteiger partial charge in [0, 0.05) is 6.08 Å². The molecule has 0 spiro atoms. The minimum atomic E-state index is -1.16. The van der Waals surface area contributed by atoms with Crippen molar-refractivity contribution in [2.75, 3.05) is 0 Å². The van der Waals surface area contributed by atoms with E-state index in [-0.39, 0.29) is 0 Å². The SMILES string of the molecule is CC(/C=C/[C@@](C)(O)C1(C#N)CC1)=C\C(N)=O. The summed E-state index contributed by atoms with van der Waals surface area (Å²) in [7, 11) is 0. The van der Waals surface area contributed by atoms with E-state index >= 15 is 0 Å². The van der Waals surface area contributed by atoms with E-state index in [0.717, 1.165) is 0 Å². The van der Waals surface area contributed by atoms with Crippen molar-refractivity contribution < 1.29 is 9.90 Å². The Bertz CT molecular complexity index is 396. The van der Waals surface area contributed by atoms with Crippen LogP contribution in [0.2, 0.25) is 0 Å². The summed E-state index contributed by atoms with van der Waals surface area (Å²) < 4.78 is 0. The van der Waals surface area contributed by atoms with Gasteiger partial charge in [-0.2, -0.15) is 5.26 Å². The van der Waals surface area contributed by atoms with E-state index in [2.05, 4.69) is 6.07 Å². The van der Waals surface area contributed by atoms with E-state index in [9.17, 15) is 9.90 Å². The predicted octanol–water partition coefficient (Wildman–Crippen LogP) is 1.03. The molecule has 0 aromatic carbocycles. The maximum absolute atomic E-state index is 10.6. The van der Waals surface area contributed by atoms with E-state index in [1.54, 1.807) is 26.0 Å². The Balaban J connectivity index is 2.78. The molecular weight excluding hydrogens is 204 g/mol. The first-order valence-corrected chi connectivity index (χ1v) is 5.14. The lowest BCUT2D eigenvalue weighted by Crippen LogP contribution is -2.32. The highest BCUT2D eigenvalue weighted by molar-refractivity contribution is 5.86. The van der Waals surface area contributed by atoms with Crippen molar-refractivity contribution in [3.63, 3.8) is 0 Å². The van der Waals surface area contributed by atoms with Crippen LogP contribution in [0.15, 0.2) is 23.8 Å². The predicted molar refractivity (Wildman–Crippen MR) is 60.0 cm³/mol. The first-order valence-electron chi connectivity index (χ1n) is 5.14. The van der Waals surface area contributed by atoms with Crippen molar-refractivity contribution in [2.45, 2.75) is 32.3 Å². The standard InChI is InChI=1S/C12H16N2O2/c1-9(7-10(14)15)3-4-11(2,16)12(8-13)5-6-12/h3-4,7,16H,5-6H2,1-2H3,(H2,14,15)/b4-3+,9-7+/t11-/m1/s1. The third kappa shape index (κ3) is 2.50. The monoisotopic (exact) mass is 220 g/mol. The van der Waals surface area contributed by atoms with Crippen LogP contribution in [0.4, 0.5) is 0 Å². The fourth-order valence-electron chi connectivity index (χ4n) is 1.58. The molecular formula is C12H16N2O2. The van der Waals surface area contributed by atoms with Crippen molar-refractivity contribution in [3.8, 4) is 6.07 Å². The number of primary amides is 1. The van der Waals surface area contributed by atoms with E-state index < -0.39 is 16.9 Å². The highest BCUT2D eigenvalue weighted by Gasteiger charge is 2.55. The third-order valence-corrected chi connectivity index (χ3v) is 2.97. The van der Waals surface area contributed by atoms with Crippen molar-refractivity contribution in [1.29, 1.82) is 5.26 Å². The molecule has 86 valence electrons. The van der Waals surface area contributed by atoms with Gasteiger partial charge < -0.3 is 10.8 Å². The van der Waals surface area contributed by atoms with Gasteiger partial charge in [-0.1, -0.05) is 12.2 Å². The average molecular weight is 220 g/mol. The van der Waals surface area contributed by atoms with Gasteiger partial charge in [-0.05, 0) is 32.3 Å². The summed E-state index contributed by atoms with van der Waals surface area (Å²) in [5.41, 5.74) is 3.83. The van der Waals surface area contributed by atoms with Crippen molar-refractivity contribution in [3.05, 3.63) is 23.8 Å². The Morgan fingerprint density at radius 1 is 1.62 bits per heavy atom. The van der Waals surface area contributed by atoms with E-state index in [1.807, 2.05) is 0 Å². The van der Waals surface area contributed by atoms with Gasteiger partial charge in [0.25, 0.3) is 0 Å². The summed E-state index contributed by atoms with van der Waals surface area (Å²) >= 11 is 0. The fraction of sp³-hybridized carbons (Fsp3) is 0.500. The fourth-order valence-corrected chi connectivity index (χ4v) is 1.58. The molecule has 1 aliphatic rings. The number of carbonyl (C=O) groups is 1. The molecule has 1 rings (SSSR count). The minimum Gasteiger partial charge on any atom is -0.384 e. The minimum absolute atomic E-state index is 0.525. The highest BCUT2D eigenvalue weighted by Crippen LogP contribution is 2.54. The van der Waals surface area contributed by atoms with Crippen LogP contribution in [0, 0.1) is 16.7 Å². The topological polar surface area (TPSA) is 87.1 Å². The van der Waals surface area contributed by atoms with Gasteiger partial charge in [0.15, 0.2) is 0 Å². The Morgan fingerprint density at radius 3 is 2.56 bits per heavy atom. The third-order valence-electron chi connectivity index (χ3n) is 2.97. The molecule has 0 aliphatic heterocycles. The molecule has 0 radical (unpaired) electrons. The molecule has 4 heteroatoms. The van der Waals surface area contributed by atoms with Gasteiger partial charge in [-0.25, -0.2) is 0 Å². The number of nitrogens with two attached hydrogens (primary N) is 1. The zero-order valence-corrected chi connectivity index (χ0v) is 9.53. The summed E-state index contributed by atoms with van der Waals surface area (Å²) in [6, 6.07) is 2.14. The van der Waals surface area contributed by atoms with Crippen LogP contribution in [0.1, 0.15) is 26.7 Å². The molecule has 0 unspecified atom stereocenters. The number of carbonyl (C=O) groups excluding carboxylic acids is 1. The number of amides is 1. The molecule has 0 aromatic heterocycles. The second-order valence-corrected chi connectivity index (χ2v) is 4.47. The lowest BCUT2D eigenvalue weighted by molar-refractivity contribution is -0.113. The summed E-state index contributed by atoms with van der Waals surface area (Å²) in [6.07, 6.45) is 5.86. The largest absolute Gasteiger partial charge is 0.384 e. The molecule has 16 heavy (non-hydrogen) atoms. The maximum atomic E-state index is 10.6. The molecule has 0 saturated heterocycles. The van der Waals surface area contributed by atoms with E-state index in [0.29, 0.717) is 18.4 Å². The summed E-state index contributed by atoms with van der Waals surface area (Å²) in [6.45, 7) is 3.32. The molecule has 0 heterocycles. The van der Waals surface area contributed by atoms with Crippen LogP contribution in [-0.4, -0.2) is 16.6 Å². The number of aliphatic hydroxyl groups is 1. The zero-order chi connectivity index (χ0) is 12.4. The molecule has 4 nitrogen and oxygen atoms in total. The van der Waals surface area contributed by atoms with Gasteiger partial charge in [0.2, 0.25) is 5.91 Å². The van der Waals surface area contributed by atoms with Crippen LogP contribution in [-0.2, 0) is 4.79 Å². The van der Waals surface area contributed by atoms with Gasteiger partial charge in [0.1, 0.15) is 0 Å². The molecule has 0 aromatic rings. The second kappa shape index (κ2) is 4.11. The molecule has 1 saturated carbocycles. The quantitative estimate of drug-likeness (QED) is 0.548. The molecule has 1 amide bonds. The Kier molecular flexibility index (Phi) is 3.20. The van der Waals surface area contributed by atoms with E-state index in [4.69, 9.17) is 11.0 Å². The van der Waals surface area contributed by atoms with Crippen LogP contribution in [0.3, 0.4) is 0 Å². The number of nitriles is 1. The lowest BCUT2D eigenvalue weighted by atomic mass is 9.86. The molecule has 1 fully saturated rings. The first-order chi connectivity index (χ1) is 7.33. The average Bonchev–Trinajstić information content (AvgIpc) is 2.94. The normalized spacial score (nSPS) is 22.5. The number of allylic oxidation sites excluding steroid dienone is 2. The number of rotatable bonds is 4. The van der Waals surface area contributed by atoms with Crippen molar-refractivity contribution >= 4 is 5.91 Å². The smallest absolute Gasteiger partial charge is 0.241 e. The summed E-state index contributed by atoms with van der Waals surface area (Å²) in [4.78, 5) is 10.6. The van der Waals surface area contributed by atoms with Crippen molar-refractivity contribution in [1.82, 2.24) is 0 Å². The van der Waals surface area contributed by atoms with Crippen LogP contribution in [0.25, 0.3) is 0 Å². The number of hydrogen-bond acceptors (Lipinski definition) is 3. The zero-order valence-electron chi connectivity index (χ0n) is 9.53. The van der Waals surface area contributed by atoms with Crippen LogP contribution >= 0.6 is 0 Å².